The van der Waals surface area contributed by atoms with E-state index in [1.54, 1.807) is 7.11 Å². The predicted molar refractivity (Wildman–Crippen MR) is 75.4 cm³/mol. The zero-order valence-electron chi connectivity index (χ0n) is 11.0. The third-order valence-corrected chi connectivity index (χ3v) is 3.72. The van der Waals surface area contributed by atoms with Gasteiger partial charge in [-0.1, -0.05) is 15.9 Å². The van der Waals surface area contributed by atoms with Gasteiger partial charge in [0.1, 0.15) is 11.9 Å². The van der Waals surface area contributed by atoms with Crippen molar-refractivity contribution in [2.75, 3.05) is 26.9 Å². The maximum atomic E-state index is 9.59. The molecule has 5 heteroatoms. The van der Waals surface area contributed by atoms with Gasteiger partial charge in [0.05, 0.1) is 19.8 Å². The zero-order valence-corrected chi connectivity index (χ0v) is 12.6. The monoisotopic (exact) mass is 330 g/mol. The zero-order chi connectivity index (χ0) is 13.7. The Morgan fingerprint density at radius 2 is 2.16 bits per heavy atom. The molecule has 1 aromatic rings. The molecule has 0 aromatic heterocycles. The van der Waals surface area contributed by atoms with Gasteiger partial charge in [-0.25, -0.2) is 0 Å². The Labute approximate surface area is 121 Å². The van der Waals surface area contributed by atoms with Crippen LogP contribution in [0.5, 0.6) is 5.75 Å². The molecule has 0 bridgehead atoms. The topological polar surface area (TPSA) is 47.9 Å². The summed E-state index contributed by atoms with van der Waals surface area (Å²) >= 11 is 3.44. The van der Waals surface area contributed by atoms with E-state index < -0.39 is 0 Å². The summed E-state index contributed by atoms with van der Waals surface area (Å²) in [5.41, 5.74) is 0.867. The fourth-order valence-electron chi connectivity index (χ4n) is 2.22. The second kappa shape index (κ2) is 7.24. The highest BCUT2D eigenvalue weighted by Gasteiger charge is 2.23. The van der Waals surface area contributed by atoms with Crippen LogP contribution in [-0.4, -0.2) is 38.1 Å². The highest BCUT2D eigenvalue weighted by Crippen LogP contribution is 2.32. The highest BCUT2D eigenvalue weighted by molar-refractivity contribution is 9.10. The average molecular weight is 331 g/mol. The van der Waals surface area contributed by atoms with Gasteiger partial charge in [-0.2, -0.15) is 0 Å². The molecule has 0 spiro atoms. The number of benzene rings is 1. The van der Waals surface area contributed by atoms with E-state index in [2.05, 4.69) is 15.9 Å². The number of ether oxygens (including phenoxy) is 3. The van der Waals surface area contributed by atoms with E-state index in [4.69, 9.17) is 14.2 Å². The van der Waals surface area contributed by atoms with Crippen molar-refractivity contribution in [2.45, 2.75) is 25.0 Å². The third-order valence-electron chi connectivity index (χ3n) is 3.23. The Morgan fingerprint density at radius 1 is 1.42 bits per heavy atom. The van der Waals surface area contributed by atoms with Crippen molar-refractivity contribution >= 4 is 15.9 Å². The molecule has 1 N–H and O–H groups in total. The van der Waals surface area contributed by atoms with Gasteiger partial charge in [-0.15, -0.1) is 0 Å². The fraction of sp³-hybridized carbons (Fsp3) is 0.571. The molecule has 1 unspecified atom stereocenters. The van der Waals surface area contributed by atoms with Gasteiger partial charge in [0, 0.05) is 23.2 Å². The maximum Gasteiger partial charge on any atom is 0.124 e. The molecule has 19 heavy (non-hydrogen) atoms. The van der Waals surface area contributed by atoms with Crippen LogP contribution in [0.1, 0.15) is 24.5 Å². The lowest BCUT2D eigenvalue weighted by Crippen LogP contribution is -2.26. The minimum absolute atomic E-state index is 0.0653. The van der Waals surface area contributed by atoms with E-state index in [0.29, 0.717) is 0 Å². The molecule has 106 valence electrons. The number of hydrogen-bond donors (Lipinski definition) is 1. The van der Waals surface area contributed by atoms with Crippen LogP contribution in [0.25, 0.3) is 0 Å². The Morgan fingerprint density at radius 3 is 2.79 bits per heavy atom. The first-order valence-electron chi connectivity index (χ1n) is 6.42. The molecule has 0 radical (unpaired) electrons. The molecule has 1 aliphatic rings. The molecule has 1 fully saturated rings. The van der Waals surface area contributed by atoms with E-state index in [0.717, 1.165) is 41.8 Å². The number of halogens is 1. The van der Waals surface area contributed by atoms with E-state index in [9.17, 15) is 5.11 Å². The fourth-order valence-corrected chi connectivity index (χ4v) is 2.59. The number of rotatable bonds is 5. The number of aliphatic hydroxyl groups is 1. The molecule has 1 aliphatic heterocycles. The Hall–Kier alpha value is -0.620. The molecule has 0 amide bonds. The standard InChI is InChI=1S/C14H19BrO4/c1-17-13-3-2-10(15)8-12(13)14(9-16)19-11-4-6-18-7-5-11/h2-3,8,11,14,16H,4-7,9H2,1H3. The molecule has 2 rings (SSSR count). The summed E-state index contributed by atoms with van der Waals surface area (Å²) in [5.74, 6) is 0.731. The minimum atomic E-state index is -0.365. The summed E-state index contributed by atoms with van der Waals surface area (Å²) in [6.07, 6.45) is 1.50. The largest absolute Gasteiger partial charge is 0.496 e. The Bertz CT molecular complexity index is 404. The summed E-state index contributed by atoms with van der Waals surface area (Å²) in [4.78, 5) is 0. The summed E-state index contributed by atoms with van der Waals surface area (Å²) in [6.45, 7) is 1.38. The molecule has 1 saturated heterocycles. The van der Waals surface area contributed by atoms with Crippen LogP contribution in [0.2, 0.25) is 0 Å². The van der Waals surface area contributed by atoms with Crippen molar-refractivity contribution in [2.24, 2.45) is 0 Å². The smallest absolute Gasteiger partial charge is 0.124 e. The van der Waals surface area contributed by atoms with Gasteiger partial charge in [0.2, 0.25) is 0 Å². The first-order valence-corrected chi connectivity index (χ1v) is 7.21. The molecule has 1 atom stereocenters. The molecule has 1 aromatic carbocycles. The van der Waals surface area contributed by atoms with Crippen LogP contribution in [0, 0.1) is 0 Å². The normalized spacial score (nSPS) is 18.3. The van der Waals surface area contributed by atoms with Crippen LogP contribution in [-0.2, 0) is 9.47 Å². The lowest BCUT2D eigenvalue weighted by molar-refractivity contribution is -0.0853. The van der Waals surface area contributed by atoms with E-state index in [1.807, 2.05) is 18.2 Å². The van der Waals surface area contributed by atoms with Crippen LogP contribution in [0.3, 0.4) is 0 Å². The van der Waals surface area contributed by atoms with E-state index in [-0.39, 0.29) is 18.8 Å². The Kier molecular flexibility index (Phi) is 5.63. The quantitative estimate of drug-likeness (QED) is 0.901. The van der Waals surface area contributed by atoms with E-state index in [1.165, 1.54) is 0 Å². The van der Waals surface area contributed by atoms with Gasteiger partial charge in [0.25, 0.3) is 0 Å². The molecule has 4 nitrogen and oxygen atoms in total. The van der Waals surface area contributed by atoms with Crippen molar-refractivity contribution in [3.63, 3.8) is 0 Å². The average Bonchev–Trinajstić information content (AvgIpc) is 2.46. The minimum Gasteiger partial charge on any atom is -0.496 e. The SMILES string of the molecule is COc1ccc(Br)cc1C(CO)OC1CCOCC1. The summed E-state index contributed by atoms with van der Waals surface area (Å²) in [5, 5.41) is 9.59. The highest BCUT2D eigenvalue weighted by atomic mass is 79.9. The third kappa shape index (κ3) is 3.92. The van der Waals surface area contributed by atoms with E-state index >= 15 is 0 Å². The van der Waals surface area contributed by atoms with Crippen molar-refractivity contribution in [1.82, 2.24) is 0 Å². The summed E-state index contributed by atoms with van der Waals surface area (Å²) in [6, 6.07) is 5.71. The molecule has 0 aliphatic carbocycles. The molecular weight excluding hydrogens is 312 g/mol. The second-order valence-corrected chi connectivity index (χ2v) is 5.42. The van der Waals surface area contributed by atoms with Crippen molar-refractivity contribution in [3.8, 4) is 5.75 Å². The molecule has 1 heterocycles. The Balaban J connectivity index is 2.13. The lowest BCUT2D eigenvalue weighted by Gasteiger charge is -2.27. The summed E-state index contributed by atoms with van der Waals surface area (Å²) < 4.78 is 17.6. The lowest BCUT2D eigenvalue weighted by atomic mass is 10.1. The first-order chi connectivity index (χ1) is 9.24. The van der Waals surface area contributed by atoms with Crippen molar-refractivity contribution < 1.29 is 19.3 Å². The van der Waals surface area contributed by atoms with Gasteiger partial charge in [-0.3, -0.25) is 0 Å². The van der Waals surface area contributed by atoms with Gasteiger partial charge >= 0.3 is 0 Å². The van der Waals surface area contributed by atoms with Crippen LogP contribution in [0.15, 0.2) is 22.7 Å². The van der Waals surface area contributed by atoms with Crippen molar-refractivity contribution in [3.05, 3.63) is 28.2 Å². The van der Waals surface area contributed by atoms with Crippen LogP contribution < -0.4 is 4.74 Å². The van der Waals surface area contributed by atoms with Crippen LogP contribution >= 0.6 is 15.9 Å². The number of hydrogen-bond acceptors (Lipinski definition) is 4. The number of methoxy groups -OCH3 is 1. The second-order valence-electron chi connectivity index (χ2n) is 4.51. The van der Waals surface area contributed by atoms with Crippen molar-refractivity contribution in [1.29, 1.82) is 0 Å². The predicted octanol–water partition coefficient (Wildman–Crippen LogP) is 2.69. The maximum absolute atomic E-state index is 9.59. The van der Waals surface area contributed by atoms with Gasteiger partial charge < -0.3 is 19.3 Å². The molecular formula is C14H19BrO4. The number of aliphatic hydroxyl groups excluding tert-OH is 1. The summed E-state index contributed by atoms with van der Waals surface area (Å²) in [7, 11) is 1.62. The van der Waals surface area contributed by atoms with Crippen LogP contribution in [0.4, 0.5) is 0 Å². The molecule has 0 saturated carbocycles. The van der Waals surface area contributed by atoms with Gasteiger partial charge in [-0.05, 0) is 31.0 Å². The van der Waals surface area contributed by atoms with Gasteiger partial charge in [0.15, 0.2) is 0 Å². The first kappa shape index (κ1) is 14.8.